The molecule has 0 saturated carbocycles. The lowest BCUT2D eigenvalue weighted by Gasteiger charge is -2.12. The Bertz CT molecular complexity index is 484. The summed E-state index contributed by atoms with van der Waals surface area (Å²) in [5.74, 6) is 0. The molecule has 2 aromatic rings. The van der Waals surface area contributed by atoms with E-state index in [1.807, 2.05) is 12.1 Å². The predicted molar refractivity (Wildman–Crippen MR) is 66.7 cm³/mol. The normalized spacial score (nSPS) is 13.3. The number of nitrogens with zero attached hydrogens (tertiary/aromatic N) is 1. The molecule has 0 amide bonds. The number of hydrogen-bond acceptors (Lipinski definition) is 0. The van der Waals surface area contributed by atoms with E-state index in [0.29, 0.717) is 6.04 Å². The van der Waals surface area contributed by atoms with Crippen LogP contribution in [0.25, 0.3) is 10.9 Å². The summed E-state index contributed by atoms with van der Waals surface area (Å²) in [6.45, 7) is 6.59. The molecule has 1 unspecified atom stereocenters. The van der Waals surface area contributed by atoms with Gasteiger partial charge in [-0.05, 0) is 44.0 Å². The van der Waals surface area contributed by atoms with E-state index >= 15 is 0 Å². The van der Waals surface area contributed by atoms with Crippen LogP contribution in [-0.2, 0) is 0 Å². The summed E-state index contributed by atoms with van der Waals surface area (Å²) in [6, 6.07) is 6.66. The fourth-order valence-electron chi connectivity index (χ4n) is 1.96. The molecule has 1 heterocycles. The van der Waals surface area contributed by atoms with Crippen LogP contribution in [0, 0.1) is 6.92 Å². The summed E-state index contributed by atoms with van der Waals surface area (Å²) >= 11 is 6.00. The Labute approximate surface area is 95.7 Å². The fourth-order valence-corrected chi connectivity index (χ4v) is 2.13. The maximum atomic E-state index is 6.00. The molecule has 0 N–H and O–H groups in total. The van der Waals surface area contributed by atoms with E-state index in [2.05, 4.69) is 37.6 Å². The van der Waals surface area contributed by atoms with E-state index in [1.54, 1.807) is 0 Å². The van der Waals surface area contributed by atoms with Crippen LogP contribution in [-0.4, -0.2) is 4.57 Å². The van der Waals surface area contributed by atoms with E-state index in [9.17, 15) is 0 Å². The first kappa shape index (κ1) is 10.6. The first-order chi connectivity index (χ1) is 7.13. The van der Waals surface area contributed by atoms with Gasteiger partial charge in [-0.3, -0.25) is 0 Å². The van der Waals surface area contributed by atoms with Crippen molar-refractivity contribution in [3.63, 3.8) is 0 Å². The Kier molecular flexibility index (Phi) is 2.74. The molecule has 0 aliphatic carbocycles. The molecule has 2 heteroatoms. The van der Waals surface area contributed by atoms with Crippen molar-refractivity contribution < 1.29 is 0 Å². The molecule has 1 aromatic carbocycles. The second-order valence-electron chi connectivity index (χ2n) is 4.14. The second kappa shape index (κ2) is 3.90. The molecule has 0 fully saturated rings. The van der Waals surface area contributed by atoms with Gasteiger partial charge in [0.2, 0.25) is 0 Å². The Morgan fingerprint density at radius 2 is 2.13 bits per heavy atom. The van der Waals surface area contributed by atoms with Gasteiger partial charge < -0.3 is 4.57 Å². The smallest absolute Gasteiger partial charge is 0.0486 e. The van der Waals surface area contributed by atoms with Crippen molar-refractivity contribution in [3.8, 4) is 0 Å². The lowest BCUT2D eigenvalue weighted by Crippen LogP contribution is -2.01. The monoisotopic (exact) mass is 221 g/mol. The molecule has 1 nitrogen and oxygen atoms in total. The maximum Gasteiger partial charge on any atom is 0.0486 e. The minimum absolute atomic E-state index is 0.544. The zero-order valence-corrected chi connectivity index (χ0v) is 10.2. The Balaban J connectivity index is 2.68. The lowest BCUT2D eigenvalue weighted by atomic mass is 10.2. The van der Waals surface area contributed by atoms with Crippen LogP contribution < -0.4 is 0 Å². The van der Waals surface area contributed by atoms with Crippen LogP contribution in [0.2, 0.25) is 5.02 Å². The van der Waals surface area contributed by atoms with Crippen molar-refractivity contribution in [2.75, 3.05) is 0 Å². The molecular formula is C13H16ClN. The average molecular weight is 222 g/mol. The quantitative estimate of drug-likeness (QED) is 0.700. The van der Waals surface area contributed by atoms with Gasteiger partial charge in [0.15, 0.2) is 0 Å². The highest BCUT2D eigenvalue weighted by Crippen LogP contribution is 2.27. The fraction of sp³-hybridized carbons (Fsp3) is 0.385. The van der Waals surface area contributed by atoms with Gasteiger partial charge in [0.25, 0.3) is 0 Å². The summed E-state index contributed by atoms with van der Waals surface area (Å²) in [5.41, 5.74) is 2.58. The minimum atomic E-state index is 0.544. The summed E-state index contributed by atoms with van der Waals surface area (Å²) in [5, 5.41) is 2.08. The van der Waals surface area contributed by atoms with Gasteiger partial charge >= 0.3 is 0 Å². The number of aromatic nitrogens is 1. The van der Waals surface area contributed by atoms with Crippen LogP contribution in [0.15, 0.2) is 24.4 Å². The topological polar surface area (TPSA) is 4.93 Å². The molecule has 0 saturated heterocycles. The van der Waals surface area contributed by atoms with E-state index in [-0.39, 0.29) is 0 Å². The first-order valence-electron chi connectivity index (χ1n) is 5.40. The molecule has 0 radical (unpaired) electrons. The Morgan fingerprint density at radius 3 is 2.80 bits per heavy atom. The summed E-state index contributed by atoms with van der Waals surface area (Å²) in [4.78, 5) is 0. The third kappa shape index (κ3) is 1.76. The maximum absolute atomic E-state index is 6.00. The number of fused-ring (bicyclic) bond motifs is 1. The number of halogens is 1. The standard InChI is InChI=1S/C13H16ClN/c1-4-10(3)15-8-9(2)12-7-11(14)5-6-13(12)15/h5-8,10H,4H2,1-3H3. The first-order valence-corrected chi connectivity index (χ1v) is 5.78. The van der Waals surface area contributed by atoms with Crippen LogP contribution >= 0.6 is 11.6 Å². The van der Waals surface area contributed by atoms with Crippen molar-refractivity contribution in [3.05, 3.63) is 35.0 Å². The van der Waals surface area contributed by atoms with Crippen LogP contribution in [0.4, 0.5) is 0 Å². The third-order valence-corrected chi connectivity index (χ3v) is 3.30. The minimum Gasteiger partial charge on any atom is -0.344 e. The zero-order valence-electron chi connectivity index (χ0n) is 9.42. The number of hydrogen-bond donors (Lipinski definition) is 0. The summed E-state index contributed by atoms with van der Waals surface area (Å²) in [7, 11) is 0. The number of aryl methyl sites for hydroxylation is 1. The highest BCUT2D eigenvalue weighted by atomic mass is 35.5. The summed E-state index contributed by atoms with van der Waals surface area (Å²) < 4.78 is 2.33. The molecule has 80 valence electrons. The molecule has 0 spiro atoms. The molecular weight excluding hydrogens is 206 g/mol. The summed E-state index contributed by atoms with van der Waals surface area (Å²) in [6.07, 6.45) is 3.36. The molecule has 0 aliphatic heterocycles. The molecule has 2 rings (SSSR count). The van der Waals surface area contributed by atoms with Crippen LogP contribution in [0.5, 0.6) is 0 Å². The van der Waals surface area contributed by atoms with Crippen LogP contribution in [0.1, 0.15) is 31.9 Å². The van der Waals surface area contributed by atoms with Crippen molar-refractivity contribution in [2.24, 2.45) is 0 Å². The van der Waals surface area contributed by atoms with Gasteiger partial charge in [-0.15, -0.1) is 0 Å². The molecule has 15 heavy (non-hydrogen) atoms. The number of rotatable bonds is 2. The van der Waals surface area contributed by atoms with Gasteiger partial charge in [-0.2, -0.15) is 0 Å². The van der Waals surface area contributed by atoms with Gasteiger partial charge in [-0.1, -0.05) is 18.5 Å². The van der Waals surface area contributed by atoms with E-state index < -0.39 is 0 Å². The largest absolute Gasteiger partial charge is 0.344 e. The van der Waals surface area contributed by atoms with Gasteiger partial charge in [0.1, 0.15) is 0 Å². The van der Waals surface area contributed by atoms with E-state index in [1.165, 1.54) is 16.5 Å². The number of benzene rings is 1. The van der Waals surface area contributed by atoms with E-state index in [0.717, 1.165) is 11.4 Å². The zero-order chi connectivity index (χ0) is 11.0. The Hall–Kier alpha value is -0.950. The average Bonchev–Trinajstić information content (AvgIpc) is 2.55. The SMILES string of the molecule is CCC(C)n1cc(C)c2cc(Cl)ccc21. The lowest BCUT2D eigenvalue weighted by molar-refractivity contribution is 0.547. The van der Waals surface area contributed by atoms with Crippen LogP contribution in [0.3, 0.4) is 0 Å². The highest BCUT2D eigenvalue weighted by Gasteiger charge is 2.09. The van der Waals surface area contributed by atoms with E-state index in [4.69, 9.17) is 11.6 Å². The predicted octanol–water partition coefficient (Wildman–Crippen LogP) is 4.57. The Morgan fingerprint density at radius 1 is 1.40 bits per heavy atom. The molecule has 0 aliphatic rings. The molecule has 1 atom stereocenters. The van der Waals surface area contributed by atoms with Crippen molar-refractivity contribution in [2.45, 2.75) is 33.2 Å². The molecule has 0 bridgehead atoms. The van der Waals surface area contributed by atoms with Crippen molar-refractivity contribution >= 4 is 22.5 Å². The second-order valence-corrected chi connectivity index (χ2v) is 4.57. The molecule has 1 aromatic heterocycles. The van der Waals surface area contributed by atoms with Crippen molar-refractivity contribution in [1.82, 2.24) is 4.57 Å². The third-order valence-electron chi connectivity index (χ3n) is 3.06. The van der Waals surface area contributed by atoms with Gasteiger partial charge in [-0.25, -0.2) is 0 Å². The van der Waals surface area contributed by atoms with Gasteiger partial charge in [0.05, 0.1) is 0 Å². The van der Waals surface area contributed by atoms with Gasteiger partial charge in [0, 0.05) is 28.2 Å². The van der Waals surface area contributed by atoms with Crippen molar-refractivity contribution in [1.29, 1.82) is 0 Å². The highest BCUT2D eigenvalue weighted by molar-refractivity contribution is 6.31.